The Morgan fingerprint density at radius 1 is 1.38 bits per heavy atom. The van der Waals surface area contributed by atoms with Crippen molar-refractivity contribution in [1.82, 2.24) is 5.32 Å². The zero-order valence-corrected chi connectivity index (χ0v) is 13.3. The molecule has 0 aliphatic heterocycles. The number of hydrogen-bond acceptors (Lipinski definition) is 4. The summed E-state index contributed by atoms with van der Waals surface area (Å²) in [4.78, 5) is 12.1. The first-order chi connectivity index (χ1) is 9.67. The van der Waals surface area contributed by atoms with Crippen LogP contribution < -0.4 is 20.5 Å². The van der Waals surface area contributed by atoms with Gasteiger partial charge in [0.15, 0.2) is 11.5 Å². The summed E-state index contributed by atoms with van der Waals surface area (Å²) in [6.07, 6.45) is 3.11. The number of rotatable bonds is 8. The summed E-state index contributed by atoms with van der Waals surface area (Å²) in [5, 5.41) is 2.82. The van der Waals surface area contributed by atoms with Crippen LogP contribution in [-0.4, -0.2) is 33.2 Å². The number of carbonyl (C=O) groups is 1. The number of amides is 1. The van der Waals surface area contributed by atoms with E-state index >= 15 is 0 Å². The van der Waals surface area contributed by atoms with Crippen molar-refractivity contribution in [2.24, 2.45) is 5.73 Å². The van der Waals surface area contributed by atoms with Crippen molar-refractivity contribution in [2.45, 2.75) is 12.8 Å². The number of methoxy groups -OCH3 is 2. The van der Waals surface area contributed by atoms with Gasteiger partial charge in [-0.25, -0.2) is 0 Å². The molecule has 0 saturated heterocycles. The molecule has 0 radical (unpaired) electrons. The topological polar surface area (TPSA) is 73.6 Å². The van der Waals surface area contributed by atoms with Crippen LogP contribution in [0.4, 0.5) is 0 Å². The highest BCUT2D eigenvalue weighted by molar-refractivity contribution is 5.95. The predicted molar refractivity (Wildman–Crippen MR) is 86.7 cm³/mol. The highest BCUT2D eigenvalue weighted by atomic mass is 35.5. The molecule has 118 valence electrons. The van der Waals surface area contributed by atoms with Crippen molar-refractivity contribution in [2.75, 3.05) is 27.3 Å². The molecule has 1 amide bonds. The minimum atomic E-state index is -0.148. The van der Waals surface area contributed by atoms with Gasteiger partial charge in [0.1, 0.15) is 0 Å². The average Bonchev–Trinajstić information content (AvgIpc) is 2.46. The molecular weight excluding hydrogens is 292 g/mol. The number of halogens is 1. The maximum atomic E-state index is 12.1. The molecule has 0 aliphatic rings. The summed E-state index contributed by atoms with van der Waals surface area (Å²) in [5.74, 6) is 1.02. The summed E-state index contributed by atoms with van der Waals surface area (Å²) < 4.78 is 10.6. The minimum Gasteiger partial charge on any atom is -0.493 e. The van der Waals surface area contributed by atoms with E-state index < -0.39 is 0 Å². The third-order valence-electron chi connectivity index (χ3n) is 2.85. The molecule has 6 heteroatoms. The standard InChI is InChI=1S/C15H22N2O3.ClH/c1-4-6-11-9-12(15(18)17-8-5-7-16)10-13(19-2)14(11)20-3;/h4,9-10H,1,5-8,16H2,2-3H3,(H,17,18);1H. The van der Waals surface area contributed by atoms with Gasteiger partial charge < -0.3 is 20.5 Å². The Morgan fingerprint density at radius 3 is 2.62 bits per heavy atom. The Kier molecular flexibility index (Phi) is 9.25. The van der Waals surface area contributed by atoms with Crippen molar-refractivity contribution in [1.29, 1.82) is 0 Å². The Morgan fingerprint density at radius 2 is 2.10 bits per heavy atom. The SMILES string of the molecule is C=CCc1cc(C(=O)NCCCN)cc(OC)c1OC.Cl. The van der Waals surface area contributed by atoms with Gasteiger partial charge in [-0.05, 0) is 31.5 Å². The Bertz CT molecular complexity index is 478. The predicted octanol–water partition coefficient (Wildman–Crippen LogP) is 1.93. The molecule has 1 aromatic carbocycles. The van der Waals surface area contributed by atoms with E-state index in [1.54, 1.807) is 32.4 Å². The number of nitrogens with one attached hydrogen (secondary N) is 1. The number of carbonyl (C=O) groups excluding carboxylic acids is 1. The van der Waals surface area contributed by atoms with Crippen LogP contribution in [0.2, 0.25) is 0 Å². The first-order valence-corrected chi connectivity index (χ1v) is 6.52. The molecule has 0 aliphatic carbocycles. The van der Waals surface area contributed by atoms with Gasteiger partial charge >= 0.3 is 0 Å². The lowest BCUT2D eigenvalue weighted by atomic mass is 10.0. The number of hydrogen-bond donors (Lipinski definition) is 2. The second kappa shape index (κ2) is 10.1. The second-order valence-electron chi connectivity index (χ2n) is 4.26. The van der Waals surface area contributed by atoms with Gasteiger partial charge in [-0.1, -0.05) is 6.08 Å². The van der Waals surface area contributed by atoms with Crippen LogP contribution >= 0.6 is 12.4 Å². The number of ether oxygens (including phenoxy) is 2. The van der Waals surface area contributed by atoms with Crippen LogP contribution in [0, 0.1) is 0 Å². The lowest BCUT2D eigenvalue weighted by molar-refractivity contribution is 0.0953. The van der Waals surface area contributed by atoms with Gasteiger partial charge in [0.2, 0.25) is 0 Å². The van der Waals surface area contributed by atoms with E-state index in [9.17, 15) is 4.79 Å². The molecule has 0 unspecified atom stereocenters. The van der Waals surface area contributed by atoms with Crippen molar-refractivity contribution < 1.29 is 14.3 Å². The normalized spacial score (nSPS) is 9.48. The molecule has 0 fully saturated rings. The first-order valence-electron chi connectivity index (χ1n) is 6.52. The average molecular weight is 315 g/mol. The highest BCUT2D eigenvalue weighted by Crippen LogP contribution is 2.33. The van der Waals surface area contributed by atoms with Gasteiger partial charge in [-0.3, -0.25) is 4.79 Å². The maximum absolute atomic E-state index is 12.1. The number of benzene rings is 1. The van der Waals surface area contributed by atoms with E-state index in [1.165, 1.54) is 0 Å². The lowest BCUT2D eigenvalue weighted by Crippen LogP contribution is -2.26. The number of nitrogens with two attached hydrogens (primary N) is 1. The van der Waals surface area contributed by atoms with E-state index in [-0.39, 0.29) is 18.3 Å². The van der Waals surface area contributed by atoms with Gasteiger partial charge in [0.25, 0.3) is 5.91 Å². The molecule has 0 aromatic heterocycles. The van der Waals surface area contributed by atoms with Crippen molar-refractivity contribution >= 4 is 18.3 Å². The molecular formula is C15H23ClN2O3. The fourth-order valence-electron chi connectivity index (χ4n) is 1.89. The van der Waals surface area contributed by atoms with E-state index in [2.05, 4.69) is 11.9 Å². The molecule has 21 heavy (non-hydrogen) atoms. The molecule has 1 rings (SSSR count). The van der Waals surface area contributed by atoms with E-state index in [0.717, 1.165) is 12.0 Å². The zero-order chi connectivity index (χ0) is 15.0. The monoisotopic (exact) mass is 314 g/mol. The Balaban J connectivity index is 0.00000400. The van der Waals surface area contributed by atoms with Gasteiger partial charge in [0.05, 0.1) is 14.2 Å². The quantitative estimate of drug-likeness (QED) is 0.568. The summed E-state index contributed by atoms with van der Waals surface area (Å²) in [6.45, 7) is 4.82. The molecule has 0 spiro atoms. The van der Waals surface area contributed by atoms with Crippen LogP contribution in [0.3, 0.4) is 0 Å². The van der Waals surface area contributed by atoms with E-state index in [4.69, 9.17) is 15.2 Å². The summed E-state index contributed by atoms with van der Waals surface area (Å²) in [7, 11) is 3.12. The van der Waals surface area contributed by atoms with Gasteiger partial charge in [0, 0.05) is 17.7 Å². The minimum absolute atomic E-state index is 0. The van der Waals surface area contributed by atoms with Gasteiger partial charge in [-0.2, -0.15) is 0 Å². The van der Waals surface area contributed by atoms with Gasteiger partial charge in [-0.15, -0.1) is 19.0 Å². The van der Waals surface area contributed by atoms with Crippen LogP contribution in [0.5, 0.6) is 11.5 Å². The first kappa shape index (κ1) is 19.3. The number of allylic oxidation sites excluding steroid dienone is 1. The van der Waals surface area contributed by atoms with Crippen LogP contribution in [0.1, 0.15) is 22.3 Å². The maximum Gasteiger partial charge on any atom is 0.251 e. The molecule has 0 heterocycles. The third-order valence-corrected chi connectivity index (χ3v) is 2.85. The summed E-state index contributed by atoms with van der Waals surface area (Å²) >= 11 is 0. The van der Waals surface area contributed by atoms with E-state index in [1.807, 2.05) is 0 Å². The van der Waals surface area contributed by atoms with Crippen molar-refractivity contribution in [3.8, 4) is 11.5 Å². The Labute approximate surface area is 131 Å². The molecule has 5 nitrogen and oxygen atoms in total. The van der Waals surface area contributed by atoms with Crippen molar-refractivity contribution in [3.63, 3.8) is 0 Å². The van der Waals surface area contributed by atoms with Crippen molar-refractivity contribution in [3.05, 3.63) is 35.9 Å². The molecule has 0 saturated carbocycles. The van der Waals surface area contributed by atoms with Crippen LogP contribution in [0.25, 0.3) is 0 Å². The third kappa shape index (κ3) is 5.28. The molecule has 3 N–H and O–H groups in total. The zero-order valence-electron chi connectivity index (χ0n) is 12.5. The highest BCUT2D eigenvalue weighted by Gasteiger charge is 2.15. The second-order valence-corrected chi connectivity index (χ2v) is 4.26. The molecule has 0 bridgehead atoms. The fourth-order valence-corrected chi connectivity index (χ4v) is 1.89. The molecule has 1 aromatic rings. The van der Waals surface area contributed by atoms with E-state index in [0.29, 0.717) is 36.6 Å². The lowest BCUT2D eigenvalue weighted by Gasteiger charge is -2.14. The fraction of sp³-hybridized carbons (Fsp3) is 0.400. The largest absolute Gasteiger partial charge is 0.493 e. The van der Waals surface area contributed by atoms with Crippen LogP contribution in [0.15, 0.2) is 24.8 Å². The summed E-state index contributed by atoms with van der Waals surface area (Å²) in [6, 6.07) is 3.46. The summed E-state index contributed by atoms with van der Waals surface area (Å²) in [5.41, 5.74) is 6.81. The Hall–Kier alpha value is -1.72. The molecule has 0 atom stereocenters. The van der Waals surface area contributed by atoms with Crippen LogP contribution in [-0.2, 0) is 6.42 Å². The smallest absolute Gasteiger partial charge is 0.251 e.